The predicted molar refractivity (Wildman–Crippen MR) is 110 cm³/mol. The molecule has 3 atom stereocenters. The molecule has 1 amide bonds. The van der Waals surface area contributed by atoms with Crippen molar-refractivity contribution in [2.75, 3.05) is 12.4 Å². The van der Waals surface area contributed by atoms with Crippen LogP contribution in [0.4, 0.5) is 5.00 Å². The molecule has 29 heavy (non-hydrogen) atoms. The Morgan fingerprint density at radius 1 is 1.10 bits per heavy atom. The van der Waals surface area contributed by atoms with E-state index in [2.05, 4.69) is 12.2 Å². The van der Waals surface area contributed by atoms with Gasteiger partial charge in [0.1, 0.15) is 5.00 Å². The molecular weight excluding hydrogens is 390 g/mol. The Morgan fingerprint density at radius 2 is 1.76 bits per heavy atom. The molecule has 6 nitrogen and oxygen atoms in total. The van der Waals surface area contributed by atoms with Crippen molar-refractivity contribution in [3.63, 3.8) is 0 Å². The summed E-state index contributed by atoms with van der Waals surface area (Å²) in [5, 5.41) is 13.3. The molecule has 3 fully saturated rings. The SMILES string of the molecule is CC[C@H]1CCc2c(sc(NC(=O)[C@H]3C4CCC(CC4)[C@@H]3C(=O)O)c2C(=O)OC)C1. The Morgan fingerprint density at radius 3 is 2.34 bits per heavy atom. The fraction of sp³-hybridized carbons (Fsp3) is 0.682. The van der Waals surface area contributed by atoms with E-state index in [1.165, 1.54) is 18.4 Å². The van der Waals surface area contributed by atoms with Crippen LogP contribution in [-0.4, -0.2) is 30.1 Å². The largest absolute Gasteiger partial charge is 0.481 e. The summed E-state index contributed by atoms with van der Waals surface area (Å²) < 4.78 is 5.01. The molecular formula is C22H29NO5S. The number of anilines is 1. The number of ether oxygens (including phenoxy) is 1. The van der Waals surface area contributed by atoms with E-state index in [1.54, 1.807) is 0 Å². The number of aliphatic carboxylic acids is 1. The van der Waals surface area contributed by atoms with Gasteiger partial charge in [-0.2, -0.15) is 0 Å². The normalized spacial score (nSPS) is 30.5. The first-order valence-corrected chi connectivity index (χ1v) is 11.5. The average Bonchev–Trinajstić information content (AvgIpc) is 3.09. The number of carboxylic acid groups (broad SMARTS) is 1. The molecule has 1 aromatic heterocycles. The van der Waals surface area contributed by atoms with Gasteiger partial charge in [-0.05, 0) is 68.3 Å². The minimum Gasteiger partial charge on any atom is -0.481 e. The van der Waals surface area contributed by atoms with Gasteiger partial charge in [0.2, 0.25) is 5.91 Å². The molecule has 4 aliphatic carbocycles. The van der Waals surface area contributed by atoms with Gasteiger partial charge >= 0.3 is 11.9 Å². The van der Waals surface area contributed by atoms with Crippen LogP contribution in [-0.2, 0) is 27.2 Å². The molecule has 4 aliphatic rings. The first kappa shape index (κ1) is 20.4. The summed E-state index contributed by atoms with van der Waals surface area (Å²) in [6.45, 7) is 2.18. The van der Waals surface area contributed by atoms with E-state index in [9.17, 15) is 19.5 Å². The van der Waals surface area contributed by atoms with Gasteiger partial charge in [0.25, 0.3) is 0 Å². The Balaban J connectivity index is 1.63. The summed E-state index contributed by atoms with van der Waals surface area (Å²) in [5.74, 6) is -1.90. The number of carbonyl (C=O) groups is 3. The Kier molecular flexibility index (Phi) is 5.69. The highest BCUT2D eigenvalue weighted by Crippen LogP contribution is 2.50. The lowest BCUT2D eigenvalue weighted by Gasteiger charge is -2.45. The van der Waals surface area contributed by atoms with Crippen LogP contribution in [0.15, 0.2) is 0 Å². The van der Waals surface area contributed by atoms with Crippen LogP contribution < -0.4 is 5.32 Å². The summed E-state index contributed by atoms with van der Waals surface area (Å²) in [6.07, 6.45) is 7.47. The zero-order chi connectivity index (χ0) is 20.7. The molecule has 0 aliphatic heterocycles. The van der Waals surface area contributed by atoms with Crippen molar-refractivity contribution in [3.05, 3.63) is 16.0 Å². The molecule has 0 spiro atoms. The third-order valence-corrected chi connectivity index (χ3v) is 8.55. The number of methoxy groups -OCH3 is 1. The summed E-state index contributed by atoms with van der Waals surface area (Å²) in [5.41, 5.74) is 1.48. The van der Waals surface area contributed by atoms with Crippen LogP contribution in [0, 0.1) is 29.6 Å². The lowest BCUT2D eigenvalue weighted by Crippen LogP contribution is -2.49. The topological polar surface area (TPSA) is 92.7 Å². The van der Waals surface area contributed by atoms with Gasteiger partial charge in [-0.3, -0.25) is 9.59 Å². The van der Waals surface area contributed by atoms with Gasteiger partial charge in [0.05, 0.1) is 24.5 Å². The summed E-state index contributed by atoms with van der Waals surface area (Å²) in [6, 6.07) is 0. The molecule has 0 radical (unpaired) electrons. The number of amides is 1. The molecule has 2 N–H and O–H groups in total. The number of rotatable bonds is 5. The van der Waals surface area contributed by atoms with Gasteiger partial charge in [-0.25, -0.2) is 4.79 Å². The van der Waals surface area contributed by atoms with Crippen molar-refractivity contribution >= 4 is 34.2 Å². The molecule has 2 bridgehead atoms. The van der Waals surface area contributed by atoms with E-state index in [0.717, 1.165) is 61.8 Å². The second-order valence-corrected chi connectivity index (χ2v) is 9.88. The molecule has 3 saturated carbocycles. The van der Waals surface area contributed by atoms with E-state index in [4.69, 9.17) is 4.74 Å². The van der Waals surface area contributed by atoms with Crippen molar-refractivity contribution in [2.45, 2.75) is 58.3 Å². The third-order valence-electron chi connectivity index (χ3n) is 7.38. The minimum atomic E-state index is -0.871. The molecule has 0 aromatic carbocycles. The highest BCUT2D eigenvalue weighted by molar-refractivity contribution is 7.17. The molecule has 0 unspecified atom stereocenters. The van der Waals surface area contributed by atoms with Crippen LogP contribution >= 0.6 is 11.3 Å². The van der Waals surface area contributed by atoms with Crippen LogP contribution in [0.25, 0.3) is 0 Å². The predicted octanol–water partition coefficient (Wildman–Crippen LogP) is 4.13. The summed E-state index contributed by atoms with van der Waals surface area (Å²) >= 11 is 1.47. The monoisotopic (exact) mass is 419 g/mol. The zero-order valence-electron chi connectivity index (χ0n) is 17.0. The zero-order valence-corrected chi connectivity index (χ0v) is 17.8. The average molecular weight is 420 g/mol. The third kappa shape index (κ3) is 3.58. The van der Waals surface area contributed by atoms with E-state index >= 15 is 0 Å². The highest BCUT2D eigenvalue weighted by Gasteiger charge is 2.50. The summed E-state index contributed by atoms with van der Waals surface area (Å²) in [4.78, 5) is 38.8. The van der Waals surface area contributed by atoms with Crippen LogP contribution in [0.5, 0.6) is 0 Å². The van der Waals surface area contributed by atoms with Gasteiger partial charge in [0, 0.05) is 4.88 Å². The molecule has 1 aromatic rings. The number of hydrogen-bond acceptors (Lipinski definition) is 5. The van der Waals surface area contributed by atoms with Crippen LogP contribution in [0.1, 0.15) is 66.2 Å². The van der Waals surface area contributed by atoms with Gasteiger partial charge in [0.15, 0.2) is 0 Å². The second kappa shape index (κ2) is 8.09. The lowest BCUT2D eigenvalue weighted by molar-refractivity contribution is -0.156. The van der Waals surface area contributed by atoms with Gasteiger partial charge in [-0.15, -0.1) is 11.3 Å². The van der Waals surface area contributed by atoms with E-state index in [0.29, 0.717) is 16.5 Å². The standard InChI is InChI=1S/C22H29NO5S/c1-3-11-4-9-14-15(10-11)29-20(18(14)22(27)28-2)23-19(24)16-12-5-7-13(8-6-12)17(16)21(25)26/h11-13,16-17H,3-10H2,1-2H3,(H,23,24)(H,25,26)/t11-,12?,13?,16-,17-/m0/s1. The van der Waals surface area contributed by atoms with E-state index in [-0.39, 0.29) is 17.7 Å². The first-order chi connectivity index (χ1) is 13.9. The van der Waals surface area contributed by atoms with Crippen molar-refractivity contribution < 1.29 is 24.2 Å². The molecule has 7 heteroatoms. The molecule has 5 rings (SSSR count). The minimum absolute atomic E-state index is 0.0789. The maximum atomic E-state index is 13.2. The smallest absolute Gasteiger partial charge is 0.341 e. The molecule has 1 heterocycles. The van der Waals surface area contributed by atoms with E-state index in [1.807, 2.05) is 0 Å². The number of nitrogens with one attached hydrogen (secondary N) is 1. The van der Waals surface area contributed by atoms with Crippen molar-refractivity contribution in [2.24, 2.45) is 29.6 Å². The second-order valence-electron chi connectivity index (χ2n) is 8.77. The fourth-order valence-corrected chi connectivity index (χ4v) is 7.14. The highest BCUT2D eigenvalue weighted by atomic mass is 32.1. The number of fused-ring (bicyclic) bond motifs is 4. The van der Waals surface area contributed by atoms with E-state index < -0.39 is 23.8 Å². The number of carboxylic acids is 1. The number of hydrogen-bond donors (Lipinski definition) is 2. The Bertz CT molecular complexity index is 823. The van der Waals surface area contributed by atoms with Crippen LogP contribution in [0.2, 0.25) is 0 Å². The maximum absolute atomic E-state index is 13.2. The number of esters is 1. The quantitative estimate of drug-likeness (QED) is 0.700. The first-order valence-electron chi connectivity index (χ1n) is 10.7. The fourth-order valence-electron chi connectivity index (χ4n) is 5.79. The lowest BCUT2D eigenvalue weighted by atomic mass is 9.58. The molecule has 158 valence electrons. The Labute approximate surface area is 175 Å². The Hall–Kier alpha value is -1.89. The molecule has 0 saturated heterocycles. The summed E-state index contributed by atoms with van der Waals surface area (Å²) in [7, 11) is 1.36. The van der Waals surface area contributed by atoms with Gasteiger partial charge < -0.3 is 15.2 Å². The van der Waals surface area contributed by atoms with Crippen LogP contribution in [0.3, 0.4) is 0 Å². The number of carbonyl (C=O) groups excluding carboxylic acids is 2. The van der Waals surface area contributed by atoms with Gasteiger partial charge in [-0.1, -0.05) is 13.3 Å². The number of thiophene rings is 1. The van der Waals surface area contributed by atoms with Crippen molar-refractivity contribution in [1.29, 1.82) is 0 Å². The maximum Gasteiger partial charge on any atom is 0.341 e. The van der Waals surface area contributed by atoms with Crippen molar-refractivity contribution in [3.8, 4) is 0 Å². The van der Waals surface area contributed by atoms with Crippen molar-refractivity contribution in [1.82, 2.24) is 0 Å².